The van der Waals surface area contributed by atoms with Gasteiger partial charge in [0.15, 0.2) is 23.9 Å². The maximum absolute atomic E-state index is 14.7. The zero-order valence-electron chi connectivity index (χ0n) is 13.9. The van der Waals surface area contributed by atoms with Crippen molar-refractivity contribution in [1.82, 2.24) is 24.4 Å². The summed E-state index contributed by atoms with van der Waals surface area (Å²) in [5.41, 5.74) is 6.28. The topological polar surface area (TPSA) is 132 Å². The van der Waals surface area contributed by atoms with Gasteiger partial charge in [0, 0.05) is 6.54 Å². The van der Waals surface area contributed by atoms with Crippen molar-refractivity contribution in [2.45, 2.75) is 24.3 Å². The summed E-state index contributed by atoms with van der Waals surface area (Å²) in [6.45, 7) is -0.0522. The summed E-state index contributed by atoms with van der Waals surface area (Å²) in [6, 6.07) is 0. The highest BCUT2D eigenvalue weighted by molar-refractivity contribution is 5.81. The number of halogens is 1. The van der Waals surface area contributed by atoms with Gasteiger partial charge in [0.2, 0.25) is 5.79 Å². The number of rotatable bonds is 6. The molecule has 2 aromatic heterocycles. The van der Waals surface area contributed by atoms with Crippen LogP contribution < -0.4 is 5.73 Å². The van der Waals surface area contributed by atoms with E-state index in [9.17, 15) is 14.6 Å². The van der Waals surface area contributed by atoms with Crippen LogP contribution in [0.2, 0.25) is 0 Å². The van der Waals surface area contributed by atoms with E-state index in [1.165, 1.54) is 17.2 Å². The van der Waals surface area contributed by atoms with Crippen molar-refractivity contribution in [3.05, 3.63) is 12.7 Å². The Bertz CT molecular complexity index is 743. The molecular formula is C14H21FN6O4. The number of nitrogens with two attached hydrogens (primary N) is 1. The number of aliphatic hydroxyl groups excluding tert-OH is 2. The summed E-state index contributed by atoms with van der Waals surface area (Å²) in [5.74, 6) is -1.72. The molecule has 0 radical (unpaired) electrons. The van der Waals surface area contributed by atoms with Gasteiger partial charge in [-0.05, 0) is 14.1 Å². The third-order valence-electron chi connectivity index (χ3n) is 4.11. The van der Waals surface area contributed by atoms with Crippen molar-refractivity contribution in [3.8, 4) is 0 Å². The maximum Gasteiger partial charge on any atom is 0.223 e. The highest BCUT2D eigenvalue weighted by atomic mass is 19.1. The van der Waals surface area contributed by atoms with E-state index < -0.39 is 30.9 Å². The molecule has 4 N–H and O–H groups in total. The van der Waals surface area contributed by atoms with Gasteiger partial charge in [-0.25, -0.2) is 19.3 Å². The fraction of sp³-hybridized carbons (Fsp3) is 0.643. The number of hydrogen-bond acceptors (Lipinski definition) is 9. The maximum atomic E-state index is 14.7. The van der Waals surface area contributed by atoms with Crippen LogP contribution in [0.4, 0.5) is 10.2 Å². The van der Waals surface area contributed by atoms with Crippen molar-refractivity contribution in [2.24, 2.45) is 0 Å². The SMILES string of the molecule is CN(C)CCO[C@]1(CO)O[C@@H](n2cnc3c(N)ncnc32)[C@@H](F)[C@@H]1O. The van der Waals surface area contributed by atoms with Gasteiger partial charge in [0.25, 0.3) is 0 Å². The molecule has 2 aromatic rings. The summed E-state index contributed by atoms with van der Waals surface area (Å²) in [7, 11) is 3.67. The van der Waals surface area contributed by atoms with Gasteiger partial charge in [-0.2, -0.15) is 0 Å². The molecular weight excluding hydrogens is 335 g/mol. The van der Waals surface area contributed by atoms with Crippen LogP contribution >= 0.6 is 0 Å². The average Bonchev–Trinajstić information content (AvgIpc) is 3.11. The fourth-order valence-corrected chi connectivity index (χ4v) is 2.70. The average molecular weight is 356 g/mol. The summed E-state index contributed by atoms with van der Waals surface area (Å²) < 4.78 is 27.1. The Morgan fingerprint density at radius 1 is 1.44 bits per heavy atom. The van der Waals surface area contributed by atoms with Crippen molar-refractivity contribution in [3.63, 3.8) is 0 Å². The monoisotopic (exact) mass is 356 g/mol. The Labute approximate surface area is 143 Å². The number of fused-ring (bicyclic) bond motifs is 1. The Balaban J connectivity index is 1.89. The number of nitrogen functional groups attached to an aromatic ring is 1. The molecule has 0 aliphatic carbocycles. The largest absolute Gasteiger partial charge is 0.391 e. The molecule has 138 valence electrons. The van der Waals surface area contributed by atoms with E-state index in [-0.39, 0.29) is 18.1 Å². The Kier molecular flexibility index (Phi) is 4.84. The number of alkyl halides is 1. The molecule has 11 heteroatoms. The quantitative estimate of drug-likeness (QED) is 0.590. The lowest BCUT2D eigenvalue weighted by Gasteiger charge is -2.30. The number of aromatic nitrogens is 4. The van der Waals surface area contributed by atoms with Crippen LogP contribution in [0.1, 0.15) is 6.23 Å². The highest BCUT2D eigenvalue weighted by Crippen LogP contribution is 2.40. The first kappa shape index (κ1) is 17.9. The van der Waals surface area contributed by atoms with Gasteiger partial charge in [-0.3, -0.25) is 4.57 Å². The molecule has 1 saturated heterocycles. The molecule has 1 aliphatic heterocycles. The number of hydrogen-bond donors (Lipinski definition) is 3. The molecule has 0 bridgehead atoms. The third-order valence-corrected chi connectivity index (χ3v) is 4.11. The van der Waals surface area contributed by atoms with Crippen LogP contribution in [-0.2, 0) is 9.47 Å². The van der Waals surface area contributed by atoms with E-state index in [2.05, 4.69) is 15.0 Å². The molecule has 0 amide bonds. The summed E-state index contributed by atoms with van der Waals surface area (Å²) >= 11 is 0. The van der Waals surface area contributed by atoms with Gasteiger partial charge in [-0.15, -0.1) is 0 Å². The second-order valence-corrected chi connectivity index (χ2v) is 6.10. The molecule has 0 saturated carbocycles. The molecule has 25 heavy (non-hydrogen) atoms. The van der Waals surface area contributed by atoms with Crippen molar-refractivity contribution in [1.29, 1.82) is 0 Å². The Morgan fingerprint density at radius 3 is 2.88 bits per heavy atom. The van der Waals surface area contributed by atoms with E-state index in [1.54, 1.807) is 0 Å². The second-order valence-electron chi connectivity index (χ2n) is 6.10. The van der Waals surface area contributed by atoms with Crippen LogP contribution in [0.15, 0.2) is 12.7 Å². The molecule has 0 unspecified atom stereocenters. The van der Waals surface area contributed by atoms with Crippen LogP contribution in [-0.4, -0.2) is 86.5 Å². The minimum Gasteiger partial charge on any atom is -0.391 e. The predicted octanol–water partition coefficient (Wildman–Crippen LogP) is -1.10. The van der Waals surface area contributed by atoms with Crippen molar-refractivity contribution >= 4 is 17.0 Å². The molecule has 1 fully saturated rings. The van der Waals surface area contributed by atoms with E-state index in [1.807, 2.05) is 19.0 Å². The van der Waals surface area contributed by atoms with Crippen LogP contribution in [0.25, 0.3) is 11.2 Å². The number of nitrogens with zero attached hydrogens (tertiary/aromatic N) is 5. The number of ether oxygens (including phenoxy) is 2. The third kappa shape index (κ3) is 3.04. The Hall–Kier alpha value is -1.92. The first-order valence-corrected chi connectivity index (χ1v) is 7.72. The minimum atomic E-state index is -1.87. The molecule has 0 aromatic carbocycles. The molecule has 4 atom stereocenters. The zero-order chi connectivity index (χ0) is 18.2. The number of likely N-dealkylation sites (N-methyl/N-ethyl adjacent to an activating group) is 1. The normalized spacial score (nSPS) is 29.8. The van der Waals surface area contributed by atoms with E-state index in [4.69, 9.17) is 15.2 Å². The van der Waals surface area contributed by atoms with E-state index in [0.29, 0.717) is 12.1 Å². The van der Waals surface area contributed by atoms with Crippen LogP contribution in [0.5, 0.6) is 0 Å². The molecule has 0 spiro atoms. The summed E-state index contributed by atoms with van der Waals surface area (Å²) in [6.07, 6.45) is -2.30. The van der Waals surface area contributed by atoms with Gasteiger partial charge in [-0.1, -0.05) is 0 Å². The summed E-state index contributed by atoms with van der Waals surface area (Å²) in [5, 5.41) is 20.0. The molecule has 3 heterocycles. The van der Waals surface area contributed by atoms with Gasteiger partial charge >= 0.3 is 0 Å². The zero-order valence-corrected chi connectivity index (χ0v) is 13.9. The van der Waals surface area contributed by atoms with E-state index in [0.717, 1.165) is 0 Å². The van der Waals surface area contributed by atoms with Gasteiger partial charge < -0.3 is 30.3 Å². The van der Waals surface area contributed by atoms with Crippen LogP contribution in [0.3, 0.4) is 0 Å². The molecule has 1 aliphatic rings. The lowest BCUT2D eigenvalue weighted by Crippen LogP contribution is -2.48. The van der Waals surface area contributed by atoms with Crippen molar-refractivity contribution in [2.75, 3.05) is 39.6 Å². The van der Waals surface area contributed by atoms with Crippen LogP contribution in [0, 0.1) is 0 Å². The lowest BCUT2D eigenvalue weighted by atomic mass is 10.1. The highest BCUT2D eigenvalue weighted by Gasteiger charge is 2.57. The summed E-state index contributed by atoms with van der Waals surface area (Å²) in [4.78, 5) is 13.8. The smallest absolute Gasteiger partial charge is 0.223 e. The molecule has 3 rings (SSSR count). The standard InChI is InChI=1S/C14H21FN6O4/c1-20(2)3-4-24-14(5-22)10(23)8(15)13(25-14)21-7-19-9-11(16)17-6-18-12(9)21/h6-8,10,13,22-23H,3-5H2,1-2H3,(H2,16,17,18)/t8-,10-,13+,14+/m0/s1. The molecule has 10 nitrogen and oxygen atoms in total. The first-order valence-electron chi connectivity index (χ1n) is 7.72. The minimum absolute atomic E-state index is 0.143. The number of aliphatic hydroxyl groups is 2. The Morgan fingerprint density at radius 2 is 2.20 bits per heavy atom. The number of imidazole rings is 1. The first-order chi connectivity index (χ1) is 11.9. The van der Waals surface area contributed by atoms with Gasteiger partial charge in [0.1, 0.15) is 24.6 Å². The predicted molar refractivity (Wildman–Crippen MR) is 85.1 cm³/mol. The van der Waals surface area contributed by atoms with E-state index >= 15 is 0 Å². The number of anilines is 1. The van der Waals surface area contributed by atoms with Crippen molar-refractivity contribution < 1.29 is 24.1 Å². The van der Waals surface area contributed by atoms with Gasteiger partial charge in [0.05, 0.1) is 12.9 Å². The lowest BCUT2D eigenvalue weighted by molar-refractivity contribution is -0.281. The fourth-order valence-electron chi connectivity index (χ4n) is 2.70. The second kappa shape index (κ2) is 6.77.